The van der Waals surface area contributed by atoms with E-state index in [1.165, 1.54) is 11.3 Å². The monoisotopic (exact) mass is 482 g/mol. The quantitative estimate of drug-likeness (QED) is 0.327. The Morgan fingerprint density at radius 2 is 1.97 bits per heavy atom. The van der Waals surface area contributed by atoms with E-state index in [1.54, 1.807) is 29.2 Å². The van der Waals surface area contributed by atoms with Crippen LogP contribution < -0.4 is 14.3 Å². The molecule has 32 heavy (non-hydrogen) atoms. The summed E-state index contributed by atoms with van der Waals surface area (Å²) in [7, 11) is 0. The first-order chi connectivity index (χ1) is 15.6. The predicted octanol–water partition coefficient (Wildman–Crippen LogP) is 6.15. The second-order valence-electron chi connectivity index (χ2n) is 6.92. The second kappa shape index (κ2) is 8.78. The molecule has 0 amide bonds. The minimum absolute atomic E-state index is 0.222. The first-order valence-electron chi connectivity index (χ1n) is 9.65. The summed E-state index contributed by atoms with van der Waals surface area (Å²) in [6.07, 6.45) is 3.41. The summed E-state index contributed by atoms with van der Waals surface area (Å²) >= 11 is 14.2. The van der Waals surface area contributed by atoms with Crippen LogP contribution in [0.5, 0.6) is 11.5 Å². The van der Waals surface area contributed by atoms with E-state index in [1.807, 2.05) is 48.7 Å². The van der Waals surface area contributed by atoms with Crippen molar-refractivity contribution >= 4 is 45.9 Å². The molecule has 1 aliphatic heterocycles. The number of pyridine rings is 1. The van der Waals surface area contributed by atoms with E-state index in [0.717, 1.165) is 34.0 Å². The van der Waals surface area contributed by atoms with Gasteiger partial charge in [-0.25, -0.2) is 9.67 Å². The molecule has 3 heterocycles. The average molecular weight is 483 g/mol. The third kappa shape index (κ3) is 4.14. The molecule has 0 aliphatic carbocycles. The molecule has 0 saturated heterocycles. The van der Waals surface area contributed by atoms with Gasteiger partial charge in [-0.1, -0.05) is 23.2 Å². The highest BCUT2D eigenvalue weighted by atomic mass is 35.5. The number of fused-ring (bicyclic) bond motifs is 1. The van der Waals surface area contributed by atoms with Crippen LogP contribution in [0.25, 0.3) is 11.3 Å². The van der Waals surface area contributed by atoms with Crippen LogP contribution in [0, 0.1) is 0 Å². The topological polar surface area (TPSA) is 61.0 Å². The number of hydrogen-bond donors (Lipinski definition) is 0. The normalized spacial score (nSPS) is 13.6. The van der Waals surface area contributed by atoms with Gasteiger partial charge < -0.3 is 9.47 Å². The molecule has 9 heteroatoms. The SMILES string of the molecule is CC(=Nn1c(-c2cc(Cl)ccc2Cl)csc1=Nc1cccnc1)c1ccc2c(c1)OCO2. The van der Waals surface area contributed by atoms with Gasteiger partial charge in [-0.05, 0) is 55.5 Å². The van der Waals surface area contributed by atoms with Crippen LogP contribution in [0.2, 0.25) is 10.0 Å². The van der Waals surface area contributed by atoms with Crippen molar-refractivity contribution in [3.05, 3.63) is 86.7 Å². The fraction of sp³-hybridized carbons (Fsp3) is 0.0870. The van der Waals surface area contributed by atoms with Crippen LogP contribution in [0.3, 0.4) is 0 Å². The number of nitrogens with zero attached hydrogens (tertiary/aromatic N) is 4. The summed E-state index contributed by atoms with van der Waals surface area (Å²) in [5.41, 5.74) is 3.95. The van der Waals surface area contributed by atoms with E-state index >= 15 is 0 Å². The third-order valence-corrected chi connectivity index (χ3v) is 6.18. The van der Waals surface area contributed by atoms with E-state index in [4.69, 9.17) is 42.8 Å². The van der Waals surface area contributed by atoms with Gasteiger partial charge in [-0.3, -0.25) is 4.98 Å². The smallest absolute Gasteiger partial charge is 0.231 e. The zero-order chi connectivity index (χ0) is 22.1. The lowest BCUT2D eigenvalue weighted by Crippen LogP contribution is -2.14. The van der Waals surface area contributed by atoms with Crippen molar-refractivity contribution in [1.82, 2.24) is 9.66 Å². The van der Waals surface area contributed by atoms with Crippen LogP contribution >= 0.6 is 34.5 Å². The summed E-state index contributed by atoms with van der Waals surface area (Å²) in [5, 5.41) is 8.01. The van der Waals surface area contributed by atoms with Crippen LogP contribution in [0.4, 0.5) is 5.69 Å². The summed E-state index contributed by atoms with van der Waals surface area (Å²) in [4.78, 5) is 9.55. The lowest BCUT2D eigenvalue weighted by Gasteiger charge is -2.09. The molecule has 4 aromatic rings. The Labute approximate surface area is 198 Å². The number of hydrogen-bond acceptors (Lipinski definition) is 6. The second-order valence-corrected chi connectivity index (χ2v) is 8.60. The molecule has 2 aromatic carbocycles. The molecular formula is C23H16Cl2N4O2S. The van der Waals surface area contributed by atoms with Gasteiger partial charge in [0.1, 0.15) is 0 Å². The molecule has 1 aliphatic rings. The molecule has 0 atom stereocenters. The Bertz CT molecular complexity index is 1400. The first-order valence-corrected chi connectivity index (χ1v) is 11.3. The molecule has 0 fully saturated rings. The van der Waals surface area contributed by atoms with Crippen molar-refractivity contribution in [2.24, 2.45) is 10.1 Å². The van der Waals surface area contributed by atoms with Crippen LogP contribution in [-0.2, 0) is 0 Å². The zero-order valence-corrected chi connectivity index (χ0v) is 19.2. The summed E-state index contributed by atoms with van der Waals surface area (Å²) in [6, 6.07) is 14.8. The van der Waals surface area contributed by atoms with Gasteiger partial charge in [0.15, 0.2) is 11.5 Å². The van der Waals surface area contributed by atoms with Crippen LogP contribution in [-0.4, -0.2) is 22.2 Å². The van der Waals surface area contributed by atoms with Gasteiger partial charge in [-0.2, -0.15) is 5.10 Å². The molecule has 0 N–H and O–H groups in total. The highest BCUT2D eigenvalue weighted by molar-refractivity contribution is 7.07. The van der Waals surface area contributed by atoms with Gasteiger partial charge in [0.05, 0.1) is 28.3 Å². The maximum Gasteiger partial charge on any atom is 0.231 e. The summed E-state index contributed by atoms with van der Waals surface area (Å²) in [6.45, 7) is 2.15. The van der Waals surface area contributed by atoms with Gasteiger partial charge in [0.2, 0.25) is 11.6 Å². The highest BCUT2D eigenvalue weighted by Gasteiger charge is 2.16. The Balaban J connectivity index is 1.68. The number of halogens is 2. The standard InChI is InChI=1S/C23H16Cl2N4O2S/c1-14(15-4-7-21-22(9-15)31-13-30-21)28-29-20(18-10-16(24)5-6-19(18)25)12-32-23(29)27-17-3-2-8-26-11-17/h2-12H,13H2,1H3. The Kier molecular flexibility index (Phi) is 5.70. The molecule has 0 unspecified atom stereocenters. The summed E-state index contributed by atoms with van der Waals surface area (Å²) in [5.74, 6) is 1.43. The van der Waals surface area contributed by atoms with Gasteiger partial charge in [-0.15, -0.1) is 11.3 Å². The van der Waals surface area contributed by atoms with Crippen molar-refractivity contribution in [2.75, 3.05) is 6.79 Å². The zero-order valence-electron chi connectivity index (χ0n) is 16.8. The molecule has 2 aromatic heterocycles. The molecule has 5 rings (SSSR count). The summed E-state index contributed by atoms with van der Waals surface area (Å²) < 4.78 is 12.7. The van der Waals surface area contributed by atoms with E-state index < -0.39 is 0 Å². The van der Waals surface area contributed by atoms with E-state index in [-0.39, 0.29) is 6.79 Å². The minimum Gasteiger partial charge on any atom is -0.454 e. The minimum atomic E-state index is 0.222. The largest absolute Gasteiger partial charge is 0.454 e. The van der Waals surface area contributed by atoms with Gasteiger partial charge in [0, 0.05) is 27.7 Å². The number of rotatable bonds is 4. The van der Waals surface area contributed by atoms with Crippen molar-refractivity contribution in [3.8, 4) is 22.8 Å². The Hall–Kier alpha value is -3.13. The molecule has 0 radical (unpaired) electrons. The fourth-order valence-corrected chi connectivity index (χ4v) is 4.44. The lowest BCUT2D eigenvalue weighted by atomic mass is 10.1. The molecular weight excluding hydrogens is 467 g/mol. The van der Waals surface area contributed by atoms with E-state index in [0.29, 0.717) is 20.6 Å². The fourth-order valence-electron chi connectivity index (χ4n) is 3.21. The molecule has 160 valence electrons. The number of benzene rings is 2. The van der Waals surface area contributed by atoms with E-state index in [9.17, 15) is 0 Å². The van der Waals surface area contributed by atoms with Crippen molar-refractivity contribution in [1.29, 1.82) is 0 Å². The van der Waals surface area contributed by atoms with Crippen molar-refractivity contribution in [2.45, 2.75) is 6.92 Å². The highest BCUT2D eigenvalue weighted by Crippen LogP contribution is 2.33. The van der Waals surface area contributed by atoms with Crippen molar-refractivity contribution in [3.63, 3.8) is 0 Å². The molecule has 0 bridgehead atoms. The molecule has 0 saturated carbocycles. The van der Waals surface area contributed by atoms with Crippen LogP contribution in [0.1, 0.15) is 12.5 Å². The lowest BCUT2D eigenvalue weighted by molar-refractivity contribution is 0.174. The van der Waals surface area contributed by atoms with Gasteiger partial charge >= 0.3 is 0 Å². The molecule has 0 spiro atoms. The predicted molar refractivity (Wildman–Crippen MR) is 127 cm³/mol. The van der Waals surface area contributed by atoms with Crippen LogP contribution in [0.15, 0.2) is 76.4 Å². The Morgan fingerprint density at radius 1 is 1.09 bits per heavy atom. The number of ether oxygens (including phenoxy) is 2. The number of thiazole rings is 1. The van der Waals surface area contributed by atoms with Gasteiger partial charge in [0.25, 0.3) is 0 Å². The van der Waals surface area contributed by atoms with Crippen molar-refractivity contribution < 1.29 is 9.47 Å². The number of aromatic nitrogens is 2. The maximum atomic E-state index is 6.50. The maximum absolute atomic E-state index is 6.50. The first kappa shape index (κ1) is 20.8. The molecule has 6 nitrogen and oxygen atoms in total. The Morgan fingerprint density at radius 3 is 2.81 bits per heavy atom. The van der Waals surface area contributed by atoms with E-state index in [2.05, 4.69) is 4.98 Å². The third-order valence-electron chi connectivity index (χ3n) is 4.80. The average Bonchev–Trinajstić information content (AvgIpc) is 3.43.